The molecular formula is C18H19Br2NO3. The number of ether oxygens (including phenoxy) is 1. The molecule has 2 rings (SSSR count). The zero-order chi connectivity index (χ0) is 17.7. The molecule has 2 aromatic rings. The average molecular weight is 457 g/mol. The van der Waals surface area contributed by atoms with E-state index in [4.69, 9.17) is 9.84 Å². The van der Waals surface area contributed by atoms with E-state index < -0.39 is 5.97 Å². The van der Waals surface area contributed by atoms with Crippen LogP contribution >= 0.6 is 31.9 Å². The molecule has 0 aliphatic carbocycles. The number of halogens is 2. The van der Waals surface area contributed by atoms with Gasteiger partial charge in [-0.05, 0) is 86.7 Å². The van der Waals surface area contributed by atoms with Crippen LogP contribution in [0.4, 0.5) is 5.69 Å². The number of aromatic carboxylic acids is 1. The fraction of sp³-hybridized carbons (Fsp3) is 0.278. The predicted molar refractivity (Wildman–Crippen MR) is 103 cm³/mol. The topological polar surface area (TPSA) is 58.6 Å². The molecule has 4 nitrogen and oxygen atoms in total. The van der Waals surface area contributed by atoms with Crippen molar-refractivity contribution in [2.24, 2.45) is 0 Å². The molecule has 0 atom stereocenters. The monoisotopic (exact) mass is 455 g/mol. The van der Waals surface area contributed by atoms with Crippen molar-refractivity contribution in [1.29, 1.82) is 0 Å². The number of carboxylic acid groups (broad SMARTS) is 1. The van der Waals surface area contributed by atoms with Gasteiger partial charge in [-0.3, -0.25) is 0 Å². The third-order valence-electron chi connectivity index (χ3n) is 3.46. The second kappa shape index (κ2) is 8.53. The molecule has 2 N–H and O–H groups in total. The molecular weight excluding hydrogens is 438 g/mol. The molecule has 0 radical (unpaired) electrons. The third kappa shape index (κ3) is 4.74. The zero-order valence-corrected chi connectivity index (χ0v) is 16.7. The Morgan fingerprint density at radius 3 is 2.42 bits per heavy atom. The lowest BCUT2D eigenvalue weighted by Crippen LogP contribution is -2.04. The molecule has 0 saturated heterocycles. The molecule has 0 spiro atoms. The van der Waals surface area contributed by atoms with Gasteiger partial charge >= 0.3 is 5.97 Å². The fourth-order valence-electron chi connectivity index (χ4n) is 2.25. The van der Waals surface area contributed by atoms with Crippen molar-refractivity contribution in [3.05, 3.63) is 56.0 Å². The SMILES string of the molecule is CCCOc1c(Br)cc(CNc2ccc(C(=O)O)cc2C)cc1Br. The van der Waals surface area contributed by atoms with Gasteiger partial charge in [0.25, 0.3) is 0 Å². The van der Waals surface area contributed by atoms with Crippen molar-refractivity contribution in [3.8, 4) is 5.75 Å². The van der Waals surface area contributed by atoms with Crippen LogP contribution < -0.4 is 10.1 Å². The summed E-state index contributed by atoms with van der Waals surface area (Å²) in [7, 11) is 0. The maximum absolute atomic E-state index is 11.0. The lowest BCUT2D eigenvalue weighted by molar-refractivity contribution is 0.0697. The van der Waals surface area contributed by atoms with E-state index in [-0.39, 0.29) is 0 Å². The second-order valence-corrected chi connectivity index (χ2v) is 7.13. The van der Waals surface area contributed by atoms with Gasteiger partial charge in [0.2, 0.25) is 0 Å². The highest BCUT2D eigenvalue weighted by molar-refractivity contribution is 9.11. The summed E-state index contributed by atoms with van der Waals surface area (Å²) in [5.74, 6) is -0.109. The Kier molecular flexibility index (Phi) is 6.69. The number of anilines is 1. The number of carbonyl (C=O) groups is 1. The van der Waals surface area contributed by atoms with Gasteiger partial charge in [0.1, 0.15) is 5.75 Å². The Labute approximate surface area is 158 Å². The van der Waals surface area contributed by atoms with Crippen LogP contribution in [0.3, 0.4) is 0 Å². The van der Waals surface area contributed by atoms with Crippen molar-refractivity contribution in [3.63, 3.8) is 0 Å². The number of benzene rings is 2. The van der Waals surface area contributed by atoms with E-state index in [9.17, 15) is 4.79 Å². The smallest absolute Gasteiger partial charge is 0.335 e. The van der Waals surface area contributed by atoms with E-state index in [1.54, 1.807) is 18.2 Å². The van der Waals surface area contributed by atoms with E-state index in [0.29, 0.717) is 18.7 Å². The highest BCUT2D eigenvalue weighted by Gasteiger charge is 2.10. The number of aryl methyl sites for hydroxylation is 1. The van der Waals surface area contributed by atoms with Gasteiger partial charge in [-0.2, -0.15) is 0 Å². The van der Waals surface area contributed by atoms with Gasteiger partial charge in [-0.15, -0.1) is 0 Å². The normalized spacial score (nSPS) is 10.5. The molecule has 0 aliphatic rings. The molecule has 6 heteroatoms. The summed E-state index contributed by atoms with van der Waals surface area (Å²) in [4.78, 5) is 11.0. The summed E-state index contributed by atoms with van der Waals surface area (Å²) in [6.45, 7) is 5.25. The van der Waals surface area contributed by atoms with E-state index in [0.717, 1.165) is 37.9 Å². The molecule has 2 aromatic carbocycles. The molecule has 0 aromatic heterocycles. The van der Waals surface area contributed by atoms with Gasteiger partial charge in [-0.1, -0.05) is 6.92 Å². The first-order chi connectivity index (χ1) is 11.4. The first-order valence-corrected chi connectivity index (χ1v) is 9.19. The lowest BCUT2D eigenvalue weighted by Gasteiger charge is -2.14. The van der Waals surface area contributed by atoms with Crippen LogP contribution in [0.2, 0.25) is 0 Å². The van der Waals surface area contributed by atoms with Crippen molar-refractivity contribution >= 4 is 43.5 Å². The quantitative estimate of drug-likeness (QED) is 0.567. The van der Waals surface area contributed by atoms with Gasteiger partial charge in [-0.25, -0.2) is 4.79 Å². The van der Waals surface area contributed by atoms with Gasteiger partial charge in [0.15, 0.2) is 0 Å². The van der Waals surface area contributed by atoms with Gasteiger partial charge in [0.05, 0.1) is 21.1 Å². The van der Waals surface area contributed by atoms with Crippen LogP contribution in [-0.4, -0.2) is 17.7 Å². The van der Waals surface area contributed by atoms with Crippen LogP contribution in [0.25, 0.3) is 0 Å². The van der Waals surface area contributed by atoms with E-state index in [1.165, 1.54) is 0 Å². The molecule has 0 bridgehead atoms. The highest BCUT2D eigenvalue weighted by Crippen LogP contribution is 2.35. The summed E-state index contributed by atoms with van der Waals surface area (Å²) in [6, 6.07) is 9.10. The molecule has 0 fully saturated rings. The zero-order valence-electron chi connectivity index (χ0n) is 13.5. The maximum Gasteiger partial charge on any atom is 0.335 e. The minimum absolute atomic E-state index is 0.293. The molecule has 24 heavy (non-hydrogen) atoms. The van der Waals surface area contributed by atoms with Crippen LogP contribution in [0.1, 0.15) is 34.8 Å². The molecule has 0 heterocycles. The Morgan fingerprint density at radius 1 is 1.21 bits per heavy atom. The third-order valence-corrected chi connectivity index (χ3v) is 4.64. The number of nitrogens with one attached hydrogen (secondary N) is 1. The van der Waals surface area contributed by atoms with Gasteiger partial charge in [0, 0.05) is 12.2 Å². The van der Waals surface area contributed by atoms with Gasteiger partial charge < -0.3 is 15.2 Å². The minimum Gasteiger partial charge on any atom is -0.491 e. The molecule has 0 aliphatic heterocycles. The maximum atomic E-state index is 11.0. The summed E-state index contributed by atoms with van der Waals surface area (Å²) in [6.07, 6.45) is 0.952. The van der Waals surface area contributed by atoms with E-state index in [2.05, 4.69) is 44.1 Å². The van der Waals surface area contributed by atoms with Crippen LogP contribution in [-0.2, 0) is 6.54 Å². The Hall–Kier alpha value is -1.53. The number of carboxylic acids is 1. The molecule has 0 saturated carbocycles. The molecule has 128 valence electrons. The van der Waals surface area contributed by atoms with Crippen LogP contribution in [0.5, 0.6) is 5.75 Å². The Morgan fingerprint density at radius 2 is 1.88 bits per heavy atom. The largest absolute Gasteiger partial charge is 0.491 e. The van der Waals surface area contributed by atoms with Crippen LogP contribution in [0.15, 0.2) is 39.3 Å². The Balaban J connectivity index is 2.11. The number of hydrogen-bond acceptors (Lipinski definition) is 3. The van der Waals surface area contributed by atoms with Crippen molar-refractivity contribution in [2.45, 2.75) is 26.8 Å². The summed E-state index contributed by atoms with van der Waals surface area (Å²) >= 11 is 7.09. The minimum atomic E-state index is -0.917. The summed E-state index contributed by atoms with van der Waals surface area (Å²) in [5.41, 5.74) is 3.19. The van der Waals surface area contributed by atoms with Crippen molar-refractivity contribution in [1.82, 2.24) is 0 Å². The second-order valence-electron chi connectivity index (χ2n) is 5.43. The standard InChI is InChI=1S/C18H19Br2NO3/c1-3-6-24-17-14(19)8-12(9-15(17)20)10-21-16-5-4-13(18(22)23)7-11(16)2/h4-5,7-9,21H,3,6,10H2,1-2H3,(H,22,23). The average Bonchev–Trinajstić information content (AvgIpc) is 2.52. The predicted octanol–water partition coefficient (Wildman–Crippen LogP) is 5.62. The van der Waals surface area contributed by atoms with E-state index >= 15 is 0 Å². The molecule has 0 unspecified atom stereocenters. The highest BCUT2D eigenvalue weighted by atomic mass is 79.9. The summed E-state index contributed by atoms with van der Waals surface area (Å²) < 4.78 is 7.53. The van der Waals surface area contributed by atoms with Crippen molar-refractivity contribution in [2.75, 3.05) is 11.9 Å². The first kappa shape index (κ1) is 18.8. The first-order valence-electron chi connectivity index (χ1n) is 7.61. The lowest BCUT2D eigenvalue weighted by atomic mass is 10.1. The number of rotatable bonds is 7. The van der Waals surface area contributed by atoms with Crippen LogP contribution in [0, 0.1) is 6.92 Å². The molecule has 0 amide bonds. The summed E-state index contributed by atoms with van der Waals surface area (Å²) in [5, 5.41) is 12.4. The number of hydrogen-bond donors (Lipinski definition) is 2. The van der Waals surface area contributed by atoms with E-state index in [1.807, 2.05) is 19.1 Å². The Bertz CT molecular complexity index is 724. The fourth-order valence-corrected chi connectivity index (χ4v) is 3.76. The van der Waals surface area contributed by atoms with Crippen molar-refractivity contribution < 1.29 is 14.6 Å².